The summed E-state index contributed by atoms with van der Waals surface area (Å²) < 4.78 is 0.891. The summed E-state index contributed by atoms with van der Waals surface area (Å²) in [6, 6.07) is 14.5. The Kier molecular flexibility index (Phi) is 4.76. The molecule has 1 atom stereocenters. The number of halogens is 1. The lowest BCUT2D eigenvalue weighted by Crippen LogP contribution is -2.47. The molecule has 0 saturated heterocycles. The zero-order valence-corrected chi connectivity index (χ0v) is 14.6. The largest absolute Gasteiger partial charge is 0.296 e. The van der Waals surface area contributed by atoms with Crippen molar-refractivity contribution < 1.29 is 9.59 Å². The zero-order valence-electron chi connectivity index (χ0n) is 13.0. The second kappa shape index (κ2) is 6.97. The van der Waals surface area contributed by atoms with Gasteiger partial charge in [-0.15, -0.1) is 0 Å². The summed E-state index contributed by atoms with van der Waals surface area (Å²) in [5, 5.41) is 5.27. The minimum atomic E-state index is -0.314. The molecule has 0 aromatic heterocycles. The number of amides is 2. The Morgan fingerprint density at radius 3 is 2.50 bits per heavy atom. The van der Waals surface area contributed by atoms with Crippen molar-refractivity contribution in [1.82, 2.24) is 10.6 Å². The topological polar surface area (TPSA) is 70.6 Å². The van der Waals surface area contributed by atoms with Crippen molar-refractivity contribution >= 4 is 33.7 Å². The molecule has 6 heteroatoms. The highest BCUT2D eigenvalue weighted by molar-refractivity contribution is 9.10. The van der Waals surface area contributed by atoms with E-state index in [-0.39, 0.29) is 30.2 Å². The number of benzene rings is 2. The fourth-order valence-electron chi connectivity index (χ4n) is 2.42. The van der Waals surface area contributed by atoms with Crippen molar-refractivity contribution in [3.05, 3.63) is 69.7 Å². The molecule has 2 N–H and O–H groups in total. The monoisotopic (exact) mass is 385 g/mol. The van der Waals surface area contributed by atoms with Gasteiger partial charge in [0.25, 0.3) is 5.91 Å². The molecule has 2 aromatic carbocycles. The lowest BCUT2D eigenvalue weighted by atomic mass is 10.0. The lowest BCUT2D eigenvalue weighted by molar-refractivity contribution is -0.120. The number of rotatable bonds is 2. The maximum atomic E-state index is 12.3. The molecule has 0 bridgehead atoms. The molecular weight excluding hydrogens is 370 g/mol. The number of aliphatic imine (C=N–C) groups is 1. The Bertz CT molecular complexity index is 798. The van der Waals surface area contributed by atoms with Crippen LogP contribution in [0, 0.1) is 6.92 Å². The summed E-state index contributed by atoms with van der Waals surface area (Å²) in [7, 11) is 0. The van der Waals surface area contributed by atoms with Gasteiger partial charge in [0.05, 0.1) is 12.5 Å². The Balaban J connectivity index is 1.78. The molecule has 1 aliphatic rings. The van der Waals surface area contributed by atoms with E-state index in [2.05, 4.69) is 31.6 Å². The highest BCUT2D eigenvalue weighted by atomic mass is 79.9. The van der Waals surface area contributed by atoms with E-state index in [4.69, 9.17) is 0 Å². The standard InChI is InChI=1S/C18H16BrN3O2/c1-11-2-4-12(5-3-11)15-10-16(23)21-18(20-15)22-17(24)13-6-8-14(19)9-7-13/h2-9,15H,10H2,1H3,(H2,20,21,22,23,24)/t15-/m1/s1. The number of nitrogens with zero attached hydrogens (tertiary/aromatic N) is 1. The van der Waals surface area contributed by atoms with Crippen molar-refractivity contribution in [2.75, 3.05) is 0 Å². The molecule has 2 amide bonds. The molecule has 0 fully saturated rings. The van der Waals surface area contributed by atoms with Crippen LogP contribution in [0.1, 0.15) is 33.9 Å². The maximum Gasteiger partial charge on any atom is 0.257 e. The average molecular weight is 386 g/mol. The summed E-state index contributed by atoms with van der Waals surface area (Å²) in [6.07, 6.45) is 0.265. The Hall–Kier alpha value is -2.47. The molecule has 0 radical (unpaired) electrons. The van der Waals surface area contributed by atoms with E-state index < -0.39 is 0 Å². The fourth-order valence-corrected chi connectivity index (χ4v) is 2.68. The number of hydrogen-bond donors (Lipinski definition) is 2. The van der Waals surface area contributed by atoms with Crippen molar-refractivity contribution in [2.45, 2.75) is 19.4 Å². The number of carbonyl (C=O) groups excluding carboxylic acids is 2. The van der Waals surface area contributed by atoms with Gasteiger partial charge in [-0.05, 0) is 36.8 Å². The van der Waals surface area contributed by atoms with Crippen LogP contribution in [0.3, 0.4) is 0 Å². The number of guanidine groups is 1. The van der Waals surface area contributed by atoms with E-state index in [9.17, 15) is 9.59 Å². The molecule has 2 aromatic rings. The summed E-state index contributed by atoms with van der Waals surface area (Å²) >= 11 is 3.33. The first-order valence-electron chi connectivity index (χ1n) is 7.52. The quantitative estimate of drug-likeness (QED) is 0.833. The Morgan fingerprint density at radius 1 is 1.17 bits per heavy atom. The third kappa shape index (κ3) is 3.89. The van der Waals surface area contributed by atoms with E-state index in [0.717, 1.165) is 15.6 Å². The lowest BCUT2D eigenvalue weighted by Gasteiger charge is -2.21. The molecule has 5 nitrogen and oxygen atoms in total. The van der Waals surface area contributed by atoms with Gasteiger partial charge in [-0.2, -0.15) is 0 Å². The maximum absolute atomic E-state index is 12.3. The van der Waals surface area contributed by atoms with Crippen molar-refractivity contribution in [3.8, 4) is 0 Å². The van der Waals surface area contributed by atoms with Crippen LogP contribution in [-0.4, -0.2) is 17.8 Å². The summed E-state index contributed by atoms with van der Waals surface area (Å²) in [5.74, 6) is -0.294. The molecule has 0 spiro atoms. The van der Waals surface area contributed by atoms with Crippen molar-refractivity contribution in [3.63, 3.8) is 0 Å². The average Bonchev–Trinajstić information content (AvgIpc) is 2.55. The van der Waals surface area contributed by atoms with Crippen LogP contribution in [0.25, 0.3) is 0 Å². The molecule has 24 heavy (non-hydrogen) atoms. The first kappa shape index (κ1) is 16.4. The van der Waals surface area contributed by atoms with Crippen molar-refractivity contribution in [2.24, 2.45) is 4.99 Å². The molecule has 122 valence electrons. The Labute approximate surface area is 148 Å². The first-order valence-corrected chi connectivity index (χ1v) is 8.32. The third-order valence-electron chi connectivity index (χ3n) is 3.72. The zero-order chi connectivity index (χ0) is 17.1. The van der Waals surface area contributed by atoms with Crippen LogP contribution in [0.5, 0.6) is 0 Å². The van der Waals surface area contributed by atoms with Crippen LogP contribution in [0.2, 0.25) is 0 Å². The van der Waals surface area contributed by atoms with E-state index in [1.165, 1.54) is 0 Å². The van der Waals surface area contributed by atoms with Crippen LogP contribution < -0.4 is 10.6 Å². The predicted molar refractivity (Wildman–Crippen MR) is 95.7 cm³/mol. The third-order valence-corrected chi connectivity index (χ3v) is 4.25. The predicted octanol–water partition coefficient (Wildman–Crippen LogP) is 3.10. The molecule has 0 unspecified atom stereocenters. The molecule has 1 aliphatic heterocycles. The highest BCUT2D eigenvalue weighted by Crippen LogP contribution is 2.23. The van der Waals surface area contributed by atoms with Crippen molar-refractivity contribution in [1.29, 1.82) is 0 Å². The van der Waals surface area contributed by atoms with Gasteiger partial charge in [-0.3, -0.25) is 20.2 Å². The Morgan fingerprint density at radius 2 is 1.83 bits per heavy atom. The number of hydrogen-bond acceptors (Lipinski definition) is 3. The van der Waals surface area contributed by atoms with Gasteiger partial charge < -0.3 is 0 Å². The number of carbonyl (C=O) groups is 2. The normalized spacial score (nSPS) is 17.0. The van der Waals surface area contributed by atoms with Crippen LogP contribution >= 0.6 is 15.9 Å². The molecule has 3 rings (SSSR count). The number of nitrogens with one attached hydrogen (secondary N) is 2. The minimum Gasteiger partial charge on any atom is -0.296 e. The van der Waals surface area contributed by atoms with Gasteiger partial charge >= 0.3 is 0 Å². The van der Waals surface area contributed by atoms with E-state index >= 15 is 0 Å². The highest BCUT2D eigenvalue weighted by Gasteiger charge is 2.23. The van der Waals surface area contributed by atoms with Crippen LogP contribution in [0.15, 0.2) is 58.0 Å². The van der Waals surface area contributed by atoms with Gasteiger partial charge in [-0.1, -0.05) is 45.8 Å². The van der Waals surface area contributed by atoms with Gasteiger partial charge in [0, 0.05) is 10.0 Å². The minimum absolute atomic E-state index is 0.165. The molecule has 0 aliphatic carbocycles. The van der Waals surface area contributed by atoms with Gasteiger partial charge in [0.15, 0.2) is 0 Å². The van der Waals surface area contributed by atoms with E-state index in [0.29, 0.717) is 5.56 Å². The first-order chi connectivity index (χ1) is 11.5. The van der Waals surface area contributed by atoms with Gasteiger partial charge in [0.1, 0.15) is 0 Å². The molecule has 1 heterocycles. The summed E-state index contributed by atoms with van der Waals surface area (Å²) in [6.45, 7) is 2.00. The molecular formula is C18H16BrN3O2. The van der Waals surface area contributed by atoms with E-state index in [1.807, 2.05) is 31.2 Å². The van der Waals surface area contributed by atoms with Gasteiger partial charge in [-0.25, -0.2) is 4.99 Å². The fraction of sp³-hybridized carbons (Fsp3) is 0.167. The SMILES string of the molecule is Cc1ccc([C@H]2CC(=O)NC(NC(=O)c3ccc(Br)cc3)=N2)cc1. The molecule has 0 saturated carbocycles. The van der Waals surface area contributed by atoms with E-state index in [1.54, 1.807) is 24.3 Å². The van der Waals surface area contributed by atoms with Crippen LogP contribution in [0.4, 0.5) is 0 Å². The van der Waals surface area contributed by atoms with Gasteiger partial charge in [0.2, 0.25) is 11.9 Å². The second-order valence-corrected chi connectivity index (χ2v) is 6.53. The van der Waals surface area contributed by atoms with Crippen LogP contribution in [-0.2, 0) is 4.79 Å². The second-order valence-electron chi connectivity index (χ2n) is 5.62. The summed E-state index contributed by atoms with van der Waals surface area (Å²) in [5.41, 5.74) is 2.59. The summed E-state index contributed by atoms with van der Waals surface area (Å²) in [4.78, 5) is 28.7. The smallest absolute Gasteiger partial charge is 0.257 e. The number of aryl methyl sites for hydroxylation is 1.